The van der Waals surface area contributed by atoms with Gasteiger partial charge in [-0.15, -0.1) is 9.13 Å². The summed E-state index contributed by atoms with van der Waals surface area (Å²) in [6.07, 6.45) is 7.10. The molecule has 5 aliphatic heterocycles. The Hall–Kier alpha value is -5.26. The smallest absolute Gasteiger partial charge is 0.423 e. The second-order valence-corrected chi connectivity index (χ2v) is 16.5. The maximum atomic E-state index is 14.4. The van der Waals surface area contributed by atoms with Crippen molar-refractivity contribution >= 4 is 19.7 Å². The van der Waals surface area contributed by atoms with Gasteiger partial charge in [-0.05, 0) is 46.5 Å². The molecule has 2 aromatic carbocycles. The van der Waals surface area contributed by atoms with Gasteiger partial charge in [0.2, 0.25) is 31.1 Å². The molecule has 216 valence electrons. The molecule has 0 bridgehead atoms. The summed E-state index contributed by atoms with van der Waals surface area (Å²) in [6.45, 7) is 0. The summed E-state index contributed by atoms with van der Waals surface area (Å²) in [5.41, 5.74) is 8.36. The molecular formula is C35H16N4O5S2+2. The van der Waals surface area contributed by atoms with Gasteiger partial charge >= 0.3 is 5.66 Å². The first kappa shape index (κ1) is 23.1. The van der Waals surface area contributed by atoms with Crippen LogP contribution < -0.4 is 13.9 Å². The average Bonchev–Trinajstić information content (AvgIpc) is 3.59. The fourth-order valence-electron chi connectivity index (χ4n) is 9.98. The molecule has 4 aromatic heterocycles. The van der Waals surface area contributed by atoms with Crippen molar-refractivity contribution in [3.05, 3.63) is 130 Å². The third-order valence-electron chi connectivity index (χ3n) is 11.3. The molecule has 0 fully saturated rings. The van der Waals surface area contributed by atoms with Gasteiger partial charge in [-0.25, -0.2) is 26.8 Å². The van der Waals surface area contributed by atoms with Crippen LogP contribution in [0.5, 0.6) is 11.5 Å². The number of sulfone groups is 2. The van der Waals surface area contributed by atoms with E-state index in [2.05, 4.69) is 19.1 Å². The van der Waals surface area contributed by atoms with Crippen LogP contribution in [0.15, 0.2) is 105 Å². The Morgan fingerprint density at radius 2 is 1.04 bits per heavy atom. The Morgan fingerprint density at radius 3 is 1.52 bits per heavy atom. The molecule has 1 spiro atoms. The SMILES string of the molecule is O=S1(=O)c2cccc3c2C2c4c1ncc1c4C4(c5c(cnc6c5C5c7c(cccc7S6(=O)=O)-c6ccc[n+]4c65)O1)[n+]1cccc-3c12. The number of hydrogen-bond acceptors (Lipinski definition) is 7. The number of fused-ring (bicyclic) bond motifs is 2. The number of benzene rings is 2. The van der Waals surface area contributed by atoms with Crippen LogP contribution in [0.3, 0.4) is 0 Å². The van der Waals surface area contributed by atoms with Crippen molar-refractivity contribution in [2.75, 3.05) is 0 Å². The fraction of sp³-hybridized carbons (Fsp3) is 0.0857. The van der Waals surface area contributed by atoms with Gasteiger partial charge in [0.05, 0.1) is 33.3 Å². The Balaban J connectivity index is 1.34. The molecule has 7 aliphatic rings. The maximum absolute atomic E-state index is 14.4. The number of aromatic nitrogens is 4. The Morgan fingerprint density at radius 1 is 0.587 bits per heavy atom. The molecule has 9 heterocycles. The van der Waals surface area contributed by atoms with E-state index >= 15 is 0 Å². The molecule has 0 saturated carbocycles. The molecule has 9 nitrogen and oxygen atoms in total. The minimum absolute atomic E-state index is 0.0201. The Kier molecular flexibility index (Phi) is 3.27. The minimum atomic E-state index is -3.99. The van der Waals surface area contributed by atoms with E-state index in [1.54, 1.807) is 24.3 Å². The Bertz CT molecular complexity index is 2700. The molecule has 0 amide bonds. The van der Waals surface area contributed by atoms with Crippen LogP contribution in [-0.4, -0.2) is 26.8 Å². The number of rotatable bonds is 0. The molecule has 2 unspecified atom stereocenters. The van der Waals surface area contributed by atoms with Crippen LogP contribution in [0.2, 0.25) is 0 Å². The number of ether oxygens (including phenoxy) is 1. The normalized spacial score (nSPS) is 24.2. The van der Waals surface area contributed by atoms with Crippen LogP contribution in [0.1, 0.15) is 56.6 Å². The summed E-state index contributed by atoms with van der Waals surface area (Å²) in [5, 5.41) is 0.0402. The van der Waals surface area contributed by atoms with Crippen LogP contribution in [0.4, 0.5) is 0 Å². The second kappa shape index (κ2) is 6.51. The highest BCUT2D eigenvalue weighted by Gasteiger charge is 2.74. The highest BCUT2D eigenvalue weighted by Crippen LogP contribution is 2.66. The van der Waals surface area contributed by atoms with Crippen molar-refractivity contribution in [3.63, 3.8) is 0 Å². The van der Waals surface area contributed by atoms with Crippen molar-refractivity contribution in [3.8, 4) is 33.8 Å². The highest BCUT2D eigenvalue weighted by atomic mass is 32.2. The lowest BCUT2D eigenvalue weighted by atomic mass is 9.70. The van der Waals surface area contributed by atoms with E-state index in [9.17, 15) is 16.8 Å². The molecule has 0 saturated heterocycles. The van der Waals surface area contributed by atoms with Gasteiger partial charge in [-0.1, -0.05) is 24.3 Å². The van der Waals surface area contributed by atoms with E-state index in [1.807, 2.05) is 48.8 Å². The van der Waals surface area contributed by atoms with Gasteiger partial charge in [0, 0.05) is 23.3 Å². The van der Waals surface area contributed by atoms with Crippen molar-refractivity contribution < 1.29 is 30.7 Å². The quantitative estimate of drug-likeness (QED) is 0.234. The van der Waals surface area contributed by atoms with Gasteiger partial charge in [-0.3, -0.25) is 0 Å². The molecule has 2 atom stereocenters. The second-order valence-electron chi connectivity index (χ2n) is 12.9. The molecule has 2 aliphatic carbocycles. The van der Waals surface area contributed by atoms with Crippen LogP contribution in [0.25, 0.3) is 22.3 Å². The molecule has 46 heavy (non-hydrogen) atoms. The molecule has 13 rings (SSSR count). The summed E-state index contributed by atoms with van der Waals surface area (Å²) < 4.78 is 68.9. The van der Waals surface area contributed by atoms with E-state index in [1.165, 1.54) is 12.4 Å². The van der Waals surface area contributed by atoms with Gasteiger partial charge < -0.3 is 4.74 Å². The lowest BCUT2D eigenvalue weighted by Crippen LogP contribution is -2.80. The zero-order valence-electron chi connectivity index (χ0n) is 23.4. The van der Waals surface area contributed by atoms with Crippen molar-refractivity contribution in [1.29, 1.82) is 0 Å². The lowest BCUT2D eigenvalue weighted by Gasteiger charge is -2.43. The van der Waals surface area contributed by atoms with E-state index in [4.69, 9.17) is 4.74 Å². The van der Waals surface area contributed by atoms with Gasteiger partial charge in [-0.2, -0.15) is 0 Å². The van der Waals surface area contributed by atoms with Crippen LogP contribution in [-0.2, 0) is 25.3 Å². The first-order chi connectivity index (χ1) is 22.4. The van der Waals surface area contributed by atoms with Gasteiger partial charge in [0.1, 0.15) is 11.8 Å². The van der Waals surface area contributed by atoms with Crippen molar-refractivity contribution in [2.45, 2.75) is 37.3 Å². The number of nitrogens with zero attached hydrogens (tertiary/aromatic N) is 4. The topological polar surface area (TPSA) is 111 Å². The summed E-state index contributed by atoms with van der Waals surface area (Å²) in [7, 11) is -7.99. The molecule has 0 N–H and O–H groups in total. The third-order valence-corrected chi connectivity index (χ3v) is 14.8. The van der Waals surface area contributed by atoms with E-state index in [0.717, 1.165) is 44.8 Å². The molecule has 11 heteroatoms. The van der Waals surface area contributed by atoms with Crippen LogP contribution >= 0.6 is 0 Å². The molecule has 6 aromatic rings. The van der Waals surface area contributed by atoms with Crippen molar-refractivity contribution in [2.24, 2.45) is 0 Å². The fourth-order valence-corrected chi connectivity index (χ4v) is 13.3. The lowest BCUT2D eigenvalue weighted by molar-refractivity contribution is -0.979. The largest absolute Gasteiger partial charge is 0.452 e. The predicted octanol–water partition coefficient (Wildman–Crippen LogP) is 3.70. The van der Waals surface area contributed by atoms with E-state index in [0.29, 0.717) is 33.8 Å². The predicted molar refractivity (Wildman–Crippen MR) is 157 cm³/mol. The summed E-state index contributed by atoms with van der Waals surface area (Å²) in [5.74, 6) is 0.0786. The van der Waals surface area contributed by atoms with E-state index in [-0.39, 0.29) is 31.7 Å². The zero-order valence-corrected chi connectivity index (χ0v) is 25.0. The van der Waals surface area contributed by atoms with E-state index < -0.39 is 25.3 Å². The maximum Gasteiger partial charge on any atom is 0.423 e. The average molecular weight is 637 g/mol. The highest BCUT2D eigenvalue weighted by molar-refractivity contribution is 7.92. The summed E-state index contributed by atoms with van der Waals surface area (Å²) in [4.78, 5) is 9.77. The van der Waals surface area contributed by atoms with Crippen LogP contribution in [0, 0.1) is 0 Å². The molecular weight excluding hydrogens is 621 g/mol. The Labute approximate surface area is 260 Å². The van der Waals surface area contributed by atoms with Gasteiger partial charge in [0.15, 0.2) is 45.1 Å². The first-order valence-corrected chi connectivity index (χ1v) is 17.9. The monoisotopic (exact) mass is 636 g/mol. The van der Waals surface area contributed by atoms with Crippen molar-refractivity contribution in [1.82, 2.24) is 9.97 Å². The number of pyridine rings is 4. The standard InChI is InChI=1S/C35H16N4O5S2/c40-45(41)21-9-1-5-15-17-7-3-11-38-31(17)25(23(15)21)27-29-19(13-36-33(27)45)44-20-14-37-34-28-26-24-16(6-2-10-22(24)46(34,42)43)18-8-4-12-39(32(18)26)35(29,38)30(20)28/h1-14,25-26H/q+2. The minimum Gasteiger partial charge on any atom is -0.452 e. The summed E-state index contributed by atoms with van der Waals surface area (Å²) in [6, 6.07) is 19.0. The summed E-state index contributed by atoms with van der Waals surface area (Å²) >= 11 is 0. The number of hydrogen-bond donors (Lipinski definition) is 0. The zero-order chi connectivity index (χ0) is 30.2. The third kappa shape index (κ3) is 1.94. The van der Waals surface area contributed by atoms with Gasteiger partial charge in [0.25, 0.3) is 0 Å². The first-order valence-electron chi connectivity index (χ1n) is 15.0. The molecule has 0 radical (unpaired) electrons.